The zero-order chi connectivity index (χ0) is 13.9. The molecule has 0 aliphatic heterocycles. The van der Waals surface area contributed by atoms with Gasteiger partial charge in [-0.25, -0.2) is 9.67 Å². The van der Waals surface area contributed by atoms with Crippen molar-refractivity contribution in [3.8, 4) is 0 Å². The zero-order valence-electron chi connectivity index (χ0n) is 12.4. The second-order valence-electron chi connectivity index (χ2n) is 5.72. The average Bonchev–Trinajstić information content (AvgIpc) is 2.56. The van der Waals surface area contributed by atoms with Crippen molar-refractivity contribution >= 4 is 0 Å². The van der Waals surface area contributed by atoms with Crippen molar-refractivity contribution in [2.75, 3.05) is 6.61 Å². The first-order chi connectivity index (χ1) is 8.27. The number of nitrogens with one attached hydrogen (secondary N) is 1. The van der Waals surface area contributed by atoms with Gasteiger partial charge >= 0.3 is 0 Å². The molecule has 5 heteroatoms. The van der Waals surface area contributed by atoms with Crippen LogP contribution in [0, 0.1) is 13.8 Å². The summed E-state index contributed by atoms with van der Waals surface area (Å²) in [6.07, 6.45) is 0.811. The highest BCUT2D eigenvalue weighted by Crippen LogP contribution is 2.21. The molecule has 0 fully saturated rings. The smallest absolute Gasteiger partial charge is 0.147 e. The van der Waals surface area contributed by atoms with Crippen LogP contribution in [-0.2, 0) is 0 Å². The van der Waals surface area contributed by atoms with Crippen molar-refractivity contribution in [3.05, 3.63) is 11.6 Å². The number of aliphatic hydroxyl groups excluding tert-OH is 1. The molecule has 0 aliphatic carbocycles. The van der Waals surface area contributed by atoms with Crippen molar-refractivity contribution < 1.29 is 5.11 Å². The lowest BCUT2D eigenvalue weighted by Crippen LogP contribution is -2.50. The van der Waals surface area contributed by atoms with Crippen LogP contribution >= 0.6 is 0 Å². The molecule has 0 radical (unpaired) electrons. The molecule has 0 bridgehead atoms. The molecule has 0 saturated carbocycles. The second-order valence-corrected chi connectivity index (χ2v) is 5.72. The van der Waals surface area contributed by atoms with Crippen molar-refractivity contribution in [2.45, 2.75) is 65.6 Å². The minimum atomic E-state index is -0.292. The van der Waals surface area contributed by atoms with E-state index >= 15 is 0 Å². The molecule has 1 heterocycles. The highest BCUT2D eigenvalue weighted by Gasteiger charge is 2.28. The fourth-order valence-corrected chi connectivity index (χ4v) is 2.56. The predicted molar refractivity (Wildman–Crippen MR) is 72.6 cm³/mol. The summed E-state index contributed by atoms with van der Waals surface area (Å²) in [5.74, 6) is 1.71. The molecule has 0 amide bonds. The molecular weight excluding hydrogens is 228 g/mol. The molecule has 0 aromatic carbocycles. The van der Waals surface area contributed by atoms with Crippen LogP contribution in [-0.4, -0.2) is 38.1 Å². The first-order valence-electron chi connectivity index (χ1n) is 6.55. The summed E-state index contributed by atoms with van der Waals surface area (Å²) >= 11 is 0. The summed E-state index contributed by atoms with van der Waals surface area (Å²) in [5.41, 5.74) is -0.292. The van der Waals surface area contributed by atoms with E-state index in [4.69, 9.17) is 0 Å². The van der Waals surface area contributed by atoms with Crippen molar-refractivity contribution in [2.24, 2.45) is 0 Å². The van der Waals surface area contributed by atoms with Gasteiger partial charge < -0.3 is 10.4 Å². The van der Waals surface area contributed by atoms with Crippen LogP contribution in [0.1, 0.15) is 51.8 Å². The topological polar surface area (TPSA) is 63.0 Å². The molecule has 0 saturated heterocycles. The van der Waals surface area contributed by atoms with Crippen LogP contribution in [0.4, 0.5) is 0 Å². The number of nitrogens with zero attached hydrogens (tertiary/aromatic N) is 3. The third kappa shape index (κ3) is 3.78. The molecule has 1 aromatic rings. The SMILES string of the molecule is Cc1nc(C)n(C(C)CC(C)(CO)NC(C)C)n1. The Morgan fingerprint density at radius 2 is 1.94 bits per heavy atom. The van der Waals surface area contributed by atoms with Crippen molar-refractivity contribution in [1.29, 1.82) is 0 Å². The lowest BCUT2D eigenvalue weighted by molar-refractivity contribution is 0.140. The summed E-state index contributed by atoms with van der Waals surface area (Å²) in [4.78, 5) is 4.32. The van der Waals surface area contributed by atoms with E-state index in [2.05, 4.69) is 36.2 Å². The van der Waals surface area contributed by atoms with Crippen LogP contribution in [0.25, 0.3) is 0 Å². The molecule has 0 spiro atoms. The van der Waals surface area contributed by atoms with E-state index in [0.717, 1.165) is 18.1 Å². The Kier molecular flexibility index (Phi) is 4.87. The molecule has 1 aromatic heterocycles. The highest BCUT2D eigenvalue weighted by molar-refractivity contribution is 4.93. The number of hydrogen-bond acceptors (Lipinski definition) is 4. The molecule has 5 nitrogen and oxygen atoms in total. The van der Waals surface area contributed by atoms with Crippen molar-refractivity contribution in [3.63, 3.8) is 0 Å². The van der Waals surface area contributed by atoms with E-state index in [1.807, 2.05) is 25.5 Å². The third-order valence-electron chi connectivity index (χ3n) is 3.06. The van der Waals surface area contributed by atoms with Gasteiger partial charge in [0.05, 0.1) is 12.6 Å². The quantitative estimate of drug-likeness (QED) is 0.809. The Morgan fingerprint density at radius 3 is 2.33 bits per heavy atom. The van der Waals surface area contributed by atoms with Gasteiger partial charge in [0.25, 0.3) is 0 Å². The first kappa shape index (κ1) is 15.1. The van der Waals surface area contributed by atoms with Gasteiger partial charge in [-0.15, -0.1) is 0 Å². The largest absolute Gasteiger partial charge is 0.394 e. The standard InChI is InChI=1S/C13H26N4O/c1-9(2)15-13(6,8-18)7-10(3)17-12(5)14-11(4)16-17/h9-10,15,18H,7-8H2,1-6H3. The molecule has 18 heavy (non-hydrogen) atoms. The summed E-state index contributed by atoms with van der Waals surface area (Å²) in [7, 11) is 0. The summed E-state index contributed by atoms with van der Waals surface area (Å²) in [5, 5.41) is 17.4. The first-order valence-corrected chi connectivity index (χ1v) is 6.55. The van der Waals surface area contributed by atoms with E-state index in [0.29, 0.717) is 6.04 Å². The third-order valence-corrected chi connectivity index (χ3v) is 3.06. The van der Waals surface area contributed by atoms with Gasteiger partial charge in [0.1, 0.15) is 11.6 Å². The lowest BCUT2D eigenvalue weighted by atomic mass is 9.93. The van der Waals surface area contributed by atoms with E-state index in [1.54, 1.807) is 0 Å². The van der Waals surface area contributed by atoms with Gasteiger partial charge in [0, 0.05) is 11.6 Å². The maximum atomic E-state index is 9.60. The fraction of sp³-hybridized carbons (Fsp3) is 0.846. The molecule has 104 valence electrons. The van der Waals surface area contributed by atoms with E-state index in [1.165, 1.54) is 0 Å². The van der Waals surface area contributed by atoms with Gasteiger partial charge in [-0.1, -0.05) is 13.8 Å². The van der Waals surface area contributed by atoms with Gasteiger partial charge in [0.15, 0.2) is 0 Å². The van der Waals surface area contributed by atoms with Gasteiger partial charge in [-0.05, 0) is 34.1 Å². The van der Waals surface area contributed by atoms with Gasteiger partial charge in [0.2, 0.25) is 0 Å². The number of hydrogen-bond donors (Lipinski definition) is 2. The summed E-state index contributed by atoms with van der Waals surface area (Å²) in [6.45, 7) is 12.3. The Bertz CT molecular complexity index is 388. The van der Waals surface area contributed by atoms with Crippen LogP contribution in [0.5, 0.6) is 0 Å². The van der Waals surface area contributed by atoms with Gasteiger partial charge in [-0.3, -0.25) is 0 Å². The Morgan fingerprint density at radius 1 is 1.33 bits per heavy atom. The second kappa shape index (κ2) is 5.80. The highest BCUT2D eigenvalue weighted by atomic mass is 16.3. The Hall–Kier alpha value is -0.940. The van der Waals surface area contributed by atoms with Crippen molar-refractivity contribution in [1.82, 2.24) is 20.1 Å². The number of aryl methyl sites for hydroxylation is 2. The van der Waals surface area contributed by atoms with E-state index in [-0.39, 0.29) is 18.2 Å². The minimum Gasteiger partial charge on any atom is -0.394 e. The van der Waals surface area contributed by atoms with Crippen LogP contribution in [0.15, 0.2) is 0 Å². The fourth-order valence-electron chi connectivity index (χ4n) is 2.56. The molecule has 0 aliphatic rings. The molecule has 2 N–H and O–H groups in total. The number of aliphatic hydroxyl groups is 1. The Labute approximate surface area is 110 Å². The molecule has 2 unspecified atom stereocenters. The predicted octanol–water partition coefficient (Wildman–Crippen LogP) is 1.60. The maximum Gasteiger partial charge on any atom is 0.147 e. The molecule has 2 atom stereocenters. The van der Waals surface area contributed by atoms with Crippen LogP contribution in [0.2, 0.25) is 0 Å². The monoisotopic (exact) mass is 254 g/mol. The lowest BCUT2D eigenvalue weighted by Gasteiger charge is -2.33. The Balaban J connectivity index is 2.79. The zero-order valence-corrected chi connectivity index (χ0v) is 12.4. The molecular formula is C13H26N4O. The average molecular weight is 254 g/mol. The molecule has 1 rings (SSSR count). The van der Waals surface area contributed by atoms with Gasteiger partial charge in [-0.2, -0.15) is 5.10 Å². The number of rotatable bonds is 6. The van der Waals surface area contributed by atoms with Crippen LogP contribution in [0.3, 0.4) is 0 Å². The maximum absolute atomic E-state index is 9.60. The number of aromatic nitrogens is 3. The van der Waals surface area contributed by atoms with E-state index in [9.17, 15) is 5.11 Å². The van der Waals surface area contributed by atoms with E-state index < -0.39 is 0 Å². The normalized spacial score (nSPS) is 16.9. The summed E-state index contributed by atoms with van der Waals surface area (Å²) in [6, 6.07) is 0.544. The minimum absolute atomic E-state index is 0.113. The van der Waals surface area contributed by atoms with Crippen LogP contribution < -0.4 is 5.32 Å². The summed E-state index contributed by atoms with van der Waals surface area (Å²) < 4.78 is 1.94.